The van der Waals surface area contributed by atoms with Gasteiger partial charge >= 0.3 is 0 Å². The van der Waals surface area contributed by atoms with Crippen molar-refractivity contribution in [3.63, 3.8) is 0 Å². The van der Waals surface area contributed by atoms with E-state index in [0.29, 0.717) is 10.9 Å². The van der Waals surface area contributed by atoms with Crippen molar-refractivity contribution in [3.05, 3.63) is 33.6 Å². The summed E-state index contributed by atoms with van der Waals surface area (Å²) in [4.78, 5) is 0. The van der Waals surface area contributed by atoms with Crippen LogP contribution in [-0.2, 0) is 0 Å². The zero-order chi connectivity index (χ0) is 13.1. The second kappa shape index (κ2) is 6.47. The average Bonchev–Trinajstić information content (AvgIpc) is 2.84. The SMILES string of the molecule is CC(NCC1CCSC1)c1cc(F)c(Cl)cc1Cl. The largest absolute Gasteiger partial charge is 0.310 e. The van der Waals surface area contributed by atoms with Gasteiger partial charge in [-0.25, -0.2) is 4.39 Å². The summed E-state index contributed by atoms with van der Waals surface area (Å²) in [5.74, 6) is 2.76. The van der Waals surface area contributed by atoms with Gasteiger partial charge in [0.25, 0.3) is 0 Å². The summed E-state index contributed by atoms with van der Waals surface area (Å²) in [6, 6.07) is 2.93. The first-order valence-corrected chi connectivity index (χ1v) is 7.94. The zero-order valence-electron chi connectivity index (χ0n) is 10.2. The van der Waals surface area contributed by atoms with Crippen molar-refractivity contribution in [2.75, 3.05) is 18.1 Å². The number of nitrogens with one attached hydrogen (secondary N) is 1. The highest BCUT2D eigenvalue weighted by molar-refractivity contribution is 7.99. The number of thioether (sulfide) groups is 1. The Morgan fingerprint density at radius 3 is 2.89 bits per heavy atom. The van der Waals surface area contributed by atoms with E-state index in [4.69, 9.17) is 23.2 Å². The smallest absolute Gasteiger partial charge is 0.142 e. The van der Waals surface area contributed by atoms with Crippen LogP contribution in [0.2, 0.25) is 10.0 Å². The molecule has 1 aromatic rings. The molecule has 1 aliphatic heterocycles. The summed E-state index contributed by atoms with van der Waals surface area (Å²) in [7, 11) is 0. The Balaban J connectivity index is 1.99. The predicted octanol–water partition coefficient (Wildman–Crippen LogP) is 4.54. The van der Waals surface area contributed by atoms with Crippen molar-refractivity contribution in [1.82, 2.24) is 5.32 Å². The highest BCUT2D eigenvalue weighted by atomic mass is 35.5. The lowest BCUT2D eigenvalue weighted by Gasteiger charge is -2.18. The standard InChI is InChI=1S/C13H16Cl2FNS/c1-8(17-6-9-2-3-18-7-9)10-4-13(16)12(15)5-11(10)14/h4-5,8-9,17H,2-3,6-7H2,1H3. The fourth-order valence-electron chi connectivity index (χ4n) is 2.07. The van der Waals surface area contributed by atoms with Crippen molar-refractivity contribution < 1.29 is 4.39 Å². The second-order valence-electron chi connectivity index (χ2n) is 4.65. The van der Waals surface area contributed by atoms with Gasteiger partial charge in [-0.05, 0) is 55.0 Å². The maximum atomic E-state index is 13.4. The van der Waals surface area contributed by atoms with Crippen LogP contribution in [0.5, 0.6) is 0 Å². The van der Waals surface area contributed by atoms with Gasteiger partial charge in [-0.15, -0.1) is 0 Å². The first kappa shape index (κ1) is 14.4. The molecule has 2 rings (SSSR count). The van der Waals surface area contributed by atoms with Crippen LogP contribution in [-0.4, -0.2) is 18.1 Å². The third-order valence-corrected chi connectivity index (χ3v) is 5.09. The van der Waals surface area contributed by atoms with E-state index in [2.05, 4.69) is 5.32 Å². The van der Waals surface area contributed by atoms with Gasteiger partial charge in [0.2, 0.25) is 0 Å². The molecule has 1 N–H and O–H groups in total. The molecule has 5 heteroatoms. The van der Waals surface area contributed by atoms with Crippen LogP contribution in [0, 0.1) is 11.7 Å². The summed E-state index contributed by atoms with van der Waals surface area (Å²) < 4.78 is 13.4. The Labute approximate surface area is 121 Å². The number of rotatable bonds is 4. The summed E-state index contributed by atoms with van der Waals surface area (Å²) in [5.41, 5.74) is 0.768. The molecule has 1 aromatic carbocycles. The average molecular weight is 308 g/mol. The second-order valence-corrected chi connectivity index (χ2v) is 6.61. The van der Waals surface area contributed by atoms with Crippen LogP contribution in [0.25, 0.3) is 0 Å². The minimum atomic E-state index is -0.416. The van der Waals surface area contributed by atoms with E-state index in [1.807, 2.05) is 18.7 Å². The molecule has 0 bridgehead atoms. The highest BCUT2D eigenvalue weighted by Crippen LogP contribution is 2.29. The molecular formula is C13H16Cl2FNS. The third-order valence-electron chi connectivity index (χ3n) is 3.24. The molecule has 1 fully saturated rings. The van der Waals surface area contributed by atoms with Gasteiger partial charge < -0.3 is 5.32 Å². The first-order chi connectivity index (χ1) is 8.58. The molecular weight excluding hydrogens is 292 g/mol. The lowest BCUT2D eigenvalue weighted by molar-refractivity contribution is 0.476. The maximum absolute atomic E-state index is 13.4. The maximum Gasteiger partial charge on any atom is 0.142 e. The van der Waals surface area contributed by atoms with Gasteiger partial charge in [0.05, 0.1) is 5.02 Å². The lowest BCUT2D eigenvalue weighted by Crippen LogP contribution is -2.26. The van der Waals surface area contributed by atoms with Gasteiger partial charge in [0.15, 0.2) is 0 Å². The Morgan fingerprint density at radius 2 is 2.22 bits per heavy atom. The van der Waals surface area contributed by atoms with Crippen LogP contribution in [0.1, 0.15) is 24.9 Å². The molecule has 1 nitrogen and oxygen atoms in total. The van der Waals surface area contributed by atoms with Crippen LogP contribution in [0.4, 0.5) is 4.39 Å². The Hall–Kier alpha value is 0.0400. The summed E-state index contributed by atoms with van der Waals surface area (Å²) >= 11 is 13.8. The molecule has 0 spiro atoms. The van der Waals surface area contributed by atoms with Crippen molar-refractivity contribution >= 4 is 35.0 Å². The van der Waals surface area contributed by atoms with Crippen molar-refractivity contribution in [2.45, 2.75) is 19.4 Å². The predicted molar refractivity (Wildman–Crippen MR) is 78.3 cm³/mol. The fourth-order valence-corrected chi connectivity index (χ4v) is 3.90. The molecule has 1 heterocycles. The van der Waals surface area contributed by atoms with Crippen molar-refractivity contribution in [1.29, 1.82) is 0 Å². The Bertz CT molecular complexity index is 422. The number of halogens is 3. The van der Waals surface area contributed by atoms with Crippen molar-refractivity contribution in [2.24, 2.45) is 5.92 Å². The molecule has 2 atom stereocenters. The minimum Gasteiger partial charge on any atom is -0.310 e. The molecule has 0 saturated carbocycles. The number of benzene rings is 1. The van der Waals surface area contributed by atoms with Crippen molar-refractivity contribution in [3.8, 4) is 0 Å². The molecule has 100 valence electrons. The monoisotopic (exact) mass is 307 g/mol. The normalized spacial score (nSPS) is 21.2. The first-order valence-electron chi connectivity index (χ1n) is 6.03. The van der Waals surface area contributed by atoms with E-state index < -0.39 is 5.82 Å². The van der Waals surface area contributed by atoms with E-state index in [1.54, 1.807) is 0 Å². The van der Waals surface area contributed by atoms with Crippen LogP contribution >= 0.6 is 35.0 Å². The Kier molecular flexibility index (Phi) is 5.19. The van der Waals surface area contributed by atoms with E-state index in [-0.39, 0.29) is 11.1 Å². The molecule has 1 saturated heterocycles. The van der Waals surface area contributed by atoms with Gasteiger partial charge in [-0.2, -0.15) is 11.8 Å². The zero-order valence-corrected chi connectivity index (χ0v) is 12.5. The van der Waals surface area contributed by atoms with E-state index in [9.17, 15) is 4.39 Å². The summed E-state index contributed by atoms with van der Waals surface area (Å²) in [6.07, 6.45) is 1.26. The summed E-state index contributed by atoms with van der Waals surface area (Å²) in [6.45, 7) is 2.95. The fraction of sp³-hybridized carbons (Fsp3) is 0.538. The van der Waals surface area contributed by atoms with Gasteiger partial charge in [0, 0.05) is 11.1 Å². The topological polar surface area (TPSA) is 12.0 Å². The highest BCUT2D eigenvalue weighted by Gasteiger charge is 2.18. The molecule has 0 aromatic heterocycles. The molecule has 2 unspecified atom stereocenters. The van der Waals surface area contributed by atoms with Gasteiger partial charge in [0.1, 0.15) is 5.82 Å². The lowest BCUT2D eigenvalue weighted by atomic mass is 10.1. The molecule has 0 aliphatic carbocycles. The van der Waals surface area contributed by atoms with E-state index in [0.717, 1.165) is 12.1 Å². The number of hydrogen-bond acceptors (Lipinski definition) is 2. The molecule has 0 radical (unpaired) electrons. The molecule has 0 amide bonds. The summed E-state index contributed by atoms with van der Waals surface area (Å²) in [5, 5.41) is 4.01. The quantitative estimate of drug-likeness (QED) is 0.820. The van der Waals surface area contributed by atoms with Gasteiger partial charge in [-0.3, -0.25) is 0 Å². The molecule has 1 aliphatic rings. The van der Waals surface area contributed by atoms with Gasteiger partial charge in [-0.1, -0.05) is 23.2 Å². The molecule has 18 heavy (non-hydrogen) atoms. The van der Waals surface area contributed by atoms with Crippen LogP contribution in [0.3, 0.4) is 0 Å². The van der Waals surface area contributed by atoms with Crippen LogP contribution in [0.15, 0.2) is 12.1 Å². The minimum absolute atomic E-state index is 0.0369. The Morgan fingerprint density at radius 1 is 1.44 bits per heavy atom. The van der Waals surface area contributed by atoms with E-state index in [1.165, 1.54) is 30.1 Å². The van der Waals surface area contributed by atoms with E-state index >= 15 is 0 Å². The van der Waals surface area contributed by atoms with Crippen LogP contribution < -0.4 is 5.32 Å². The number of hydrogen-bond donors (Lipinski definition) is 1. The third kappa shape index (κ3) is 3.53.